The molecule has 2 heteroatoms. The first-order valence-electron chi connectivity index (χ1n) is 6.68. The third kappa shape index (κ3) is 4.01. The Morgan fingerprint density at radius 1 is 1.18 bits per heavy atom. The molecule has 2 rings (SSSR count). The molecule has 1 aliphatic rings. The van der Waals surface area contributed by atoms with E-state index >= 15 is 0 Å². The van der Waals surface area contributed by atoms with Crippen LogP contribution in [0.5, 0.6) is 0 Å². The average Bonchev–Trinajstić information content (AvgIpc) is 2.57. The summed E-state index contributed by atoms with van der Waals surface area (Å²) in [6.07, 6.45) is 8.12. The molecule has 1 aromatic rings. The largest absolute Gasteiger partial charge is 0.392 e. The second-order valence-corrected chi connectivity index (χ2v) is 5.59. The molecule has 0 heterocycles. The quantitative estimate of drug-likeness (QED) is 0.799. The SMILES string of the molecule is OC(Cc1cccc(Cl)c1)C1CCCCCC1. The van der Waals surface area contributed by atoms with Crippen LogP contribution in [-0.4, -0.2) is 11.2 Å². The van der Waals surface area contributed by atoms with E-state index in [1.165, 1.54) is 38.5 Å². The molecule has 0 radical (unpaired) electrons. The third-order valence-electron chi connectivity index (χ3n) is 3.78. The maximum absolute atomic E-state index is 10.3. The molecule has 1 N–H and O–H groups in total. The molecule has 1 aromatic carbocycles. The standard InChI is InChI=1S/C15H21ClO/c16-14-9-5-6-12(10-14)11-15(17)13-7-3-1-2-4-8-13/h5-6,9-10,13,15,17H,1-4,7-8,11H2. The van der Waals surface area contributed by atoms with Crippen molar-refractivity contribution in [2.24, 2.45) is 5.92 Å². The summed E-state index contributed by atoms with van der Waals surface area (Å²) in [6.45, 7) is 0. The highest BCUT2D eigenvalue weighted by atomic mass is 35.5. The molecular weight excluding hydrogens is 232 g/mol. The molecule has 1 saturated carbocycles. The van der Waals surface area contributed by atoms with Crippen LogP contribution in [0.15, 0.2) is 24.3 Å². The smallest absolute Gasteiger partial charge is 0.0608 e. The van der Waals surface area contributed by atoms with Gasteiger partial charge in [-0.15, -0.1) is 0 Å². The second-order valence-electron chi connectivity index (χ2n) is 5.15. The second kappa shape index (κ2) is 6.42. The molecule has 1 unspecified atom stereocenters. The van der Waals surface area contributed by atoms with Crippen LogP contribution in [0.2, 0.25) is 5.02 Å². The molecule has 1 atom stereocenters. The Kier molecular flexibility index (Phi) is 4.87. The summed E-state index contributed by atoms with van der Waals surface area (Å²) in [4.78, 5) is 0. The van der Waals surface area contributed by atoms with Gasteiger partial charge in [-0.3, -0.25) is 0 Å². The Balaban J connectivity index is 1.93. The van der Waals surface area contributed by atoms with Crippen LogP contribution in [0, 0.1) is 5.92 Å². The van der Waals surface area contributed by atoms with Crippen molar-refractivity contribution < 1.29 is 5.11 Å². The minimum absolute atomic E-state index is 0.202. The molecule has 0 saturated heterocycles. The maximum atomic E-state index is 10.3. The van der Waals surface area contributed by atoms with Gasteiger partial charge in [0.05, 0.1) is 6.10 Å². The van der Waals surface area contributed by atoms with E-state index < -0.39 is 0 Å². The lowest BCUT2D eigenvalue weighted by Crippen LogP contribution is -2.22. The predicted octanol–water partition coefficient (Wildman–Crippen LogP) is 4.21. The zero-order chi connectivity index (χ0) is 12.1. The van der Waals surface area contributed by atoms with E-state index in [9.17, 15) is 5.11 Å². The summed E-state index contributed by atoms with van der Waals surface area (Å²) in [6, 6.07) is 7.84. The summed E-state index contributed by atoms with van der Waals surface area (Å²) < 4.78 is 0. The number of benzene rings is 1. The molecule has 17 heavy (non-hydrogen) atoms. The van der Waals surface area contributed by atoms with Gasteiger partial charge >= 0.3 is 0 Å². The number of hydrogen-bond donors (Lipinski definition) is 1. The van der Waals surface area contributed by atoms with E-state index in [0.717, 1.165) is 17.0 Å². The Bertz CT molecular complexity index is 343. The average molecular weight is 253 g/mol. The maximum Gasteiger partial charge on any atom is 0.0608 e. The topological polar surface area (TPSA) is 20.2 Å². The van der Waals surface area contributed by atoms with Crippen LogP contribution in [0.1, 0.15) is 44.1 Å². The molecule has 0 spiro atoms. The lowest BCUT2D eigenvalue weighted by Gasteiger charge is -2.21. The fourth-order valence-electron chi connectivity index (χ4n) is 2.77. The first kappa shape index (κ1) is 12.9. The molecule has 0 aliphatic heterocycles. The van der Waals surface area contributed by atoms with E-state index in [1.807, 2.05) is 24.3 Å². The first-order valence-corrected chi connectivity index (χ1v) is 7.06. The highest BCUT2D eigenvalue weighted by molar-refractivity contribution is 6.30. The van der Waals surface area contributed by atoms with E-state index in [-0.39, 0.29) is 6.10 Å². The zero-order valence-corrected chi connectivity index (χ0v) is 11.0. The van der Waals surface area contributed by atoms with Crippen molar-refractivity contribution in [3.8, 4) is 0 Å². The molecule has 0 aromatic heterocycles. The Hall–Kier alpha value is -0.530. The van der Waals surface area contributed by atoms with Crippen LogP contribution in [0.25, 0.3) is 0 Å². The highest BCUT2D eigenvalue weighted by Crippen LogP contribution is 2.27. The van der Waals surface area contributed by atoms with Crippen molar-refractivity contribution in [3.63, 3.8) is 0 Å². The zero-order valence-electron chi connectivity index (χ0n) is 10.2. The fourth-order valence-corrected chi connectivity index (χ4v) is 2.98. The van der Waals surface area contributed by atoms with E-state index in [0.29, 0.717) is 5.92 Å². The Morgan fingerprint density at radius 3 is 2.53 bits per heavy atom. The van der Waals surface area contributed by atoms with Crippen molar-refractivity contribution in [1.29, 1.82) is 0 Å². The number of rotatable bonds is 3. The van der Waals surface area contributed by atoms with Gasteiger partial charge in [0.1, 0.15) is 0 Å². The van der Waals surface area contributed by atoms with Gasteiger partial charge < -0.3 is 5.11 Å². The van der Waals surface area contributed by atoms with Crippen LogP contribution in [-0.2, 0) is 6.42 Å². The number of aliphatic hydroxyl groups excluding tert-OH is 1. The molecule has 1 fully saturated rings. The van der Waals surface area contributed by atoms with Crippen LogP contribution >= 0.6 is 11.6 Å². The predicted molar refractivity (Wildman–Crippen MR) is 72.4 cm³/mol. The van der Waals surface area contributed by atoms with E-state index in [4.69, 9.17) is 11.6 Å². The van der Waals surface area contributed by atoms with Crippen molar-refractivity contribution in [1.82, 2.24) is 0 Å². The van der Waals surface area contributed by atoms with Crippen molar-refractivity contribution in [2.75, 3.05) is 0 Å². The minimum Gasteiger partial charge on any atom is -0.392 e. The van der Waals surface area contributed by atoms with E-state index in [2.05, 4.69) is 0 Å². The molecule has 1 aliphatic carbocycles. The van der Waals surface area contributed by atoms with Crippen molar-refractivity contribution in [2.45, 2.75) is 51.0 Å². The van der Waals surface area contributed by atoms with Crippen LogP contribution in [0.3, 0.4) is 0 Å². The van der Waals surface area contributed by atoms with E-state index in [1.54, 1.807) is 0 Å². The Labute approximate surface area is 109 Å². The summed E-state index contributed by atoms with van der Waals surface area (Å²) in [5.74, 6) is 0.483. The fraction of sp³-hybridized carbons (Fsp3) is 0.600. The summed E-state index contributed by atoms with van der Waals surface area (Å²) in [7, 11) is 0. The van der Waals surface area contributed by atoms with Gasteiger partial charge in [-0.1, -0.05) is 49.4 Å². The number of hydrogen-bond acceptors (Lipinski definition) is 1. The lowest BCUT2D eigenvalue weighted by atomic mass is 9.90. The summed E-state index contributed by atoms with van der Waals surface area (Å²) in [5, 5.41) is 11.1. The van der Waals surface area contributed by atoms with Gasteiger partial charge in [0.15, 0.2) is 0 Å². The van der Waals surface area contributed by atoms with Crippen LogP contribution in [0.4, 0.5) is 0 Å². The summed E-state index contributed by atoms with van der Waals surface area (Å²) in [5.41, 5.74) is 1.15. The van der Waals surface area contributed by atoms with Crippen molar-refractivity contribution >= 4 is 11.6 Å². The molecule has 1 nitrogen and oxygen atoms in total. The summed E-state index contributed by atoms with van der Waals surface area (Å²) >= 11 is 5.96. The van der Waals surface area contributed by atoms with Gasteiger partial charge in [-0.25, -0.2) is 0 Å². The van der Waals surface area contributed by atoms with Gasteiger partial charge in [0, 0.05) is 5.02 Å². The number of aliphatic hydroxyl groups is 1. The first-order chi connectivity index (χ1) is 8.25. The molecular formula is C15H21ClO. The normalized spacial score (nSPS) is 19.9. The third-order valence-corrected chi connectivity index (χ3v) is 4.01. The molecule has 94 valence electrons. The lowest BCUT2D eigenvalue weighted by molar-refractivity contribution is 0.0986. The monoisotopic (exact) mass is 252 g/mol. The van der Waals surface area contributed by atoms with Crippen molar-refractivity contribution in [3.05, 3.63) is 34.9 Å². The van der Waals surface area contributed by atoms with Gasteiger partial charge in [-0.05, 0) is 42.9 Å². The Morgan fingerprint density at radius 2 is 1.88 bits per heavy atom. The minimum atomic E-state index is -0.202. The van der Waals surface area contributed by atoms with Crippen LogP contribution < -0.4 is 0 Å². The molecule has 0 bridgehead atoms. The highest BCUT2D eigenvalue weighted by Gasteiger charge is 2.20. The number of halogens is 1. The molecule has 0 amide bonds. The van der Waals surface area contributed by atoms with Gasteiger partial charge in [0.25, 0.3) is 0 Å². The van der Waals surface area contributed by atoms with Gasteiger partial charge in [0.2, 0.25) is 0 Å². The van der Waals surface area contributed by atoms with Gasteiger partial charge in [-0.2, -0.15) is 0 Å².